The topological polar surface area (TPSA) is 132 Å². The van der Waals surface area contributed by atoms with E-state index in [0.29, 0.717) is 6.26 Å². The highest BCUT2D eigenvalue weighted by Crippen LogP contribution is 1.86. The van der Waals surface area contributed by atoms with Gasteiger partial charge in [0, 0.05) is 11.1 Å². The molecule has 0 fully saturated rings. The van der Waals surface area contributed by atoms with Crippen LogP contribution in [0.5, 0.6) is 0 Å². The van der Waals surface area contributed by atoms with Gasteiger partial charge in [0.15, 0.2) is 0 Å². The number of rotatable bonds is 3. The Bertz CT molecular complexity index is 343. The van der Waals surface area contributed by atoms with Crippen molar-refractivity contribution in [1.82, 2.24) is 0 Å². The predicted octanol–water partition coefficient (Wildman–Crippen LogP) is 1.83. The highest BCUT2D eigenvalue weighted by atomic mass is 16.4. The highest BCUT2D eigenvalue weighted by molar-refractivity contribution is 5.85. The molecule has 0 saturated carbocycles. The van der Waals surface area contributed by atoms with Gasteiger partial charge in [-0.15, -0.1) is 0 Å². The van der Waals surface area contributed by atoms with E-state index in [1.807, 2.05) is 0 Å². The van der Waals surface area contributed by atoms with Crippen LogP contribution in [0.4, 0.5) is 0 Å². The molecule has 108 valence electrons. The van der Waals surface area contributed by atoms with E-state index < -0.39 is 17.9 Å². The zero-order valence-electron chi connectivity index (χ0n) is 11.0. The number of carboxylic acid groups (broad SMARTS) is 3. The summed E-state index contributed by atoms with van der Waals surface area (Å²) in [5.74, 6) is -2.97. The van der Waals surface area contributed by atoms with Crippen molar-refractivity contribution in [2.75, 3.05) is 0 Å². The molecule has 0 unspecified atom stereocenters. The number of aliphatic hydroxyl groups is 1. The third-order valence-corrected chi connectivity index (χ3v) is 1.26. The van der Waals surface area contributed by atoms with Crippen LogP contribution in [0.25, 0.3) is 0 Å². The molecular weight excluding hydrogens is 256 g/mol. The van der Waals surface area contributed by atoms with E-state index in [0.717, 1.165) is 0 Å². The lowest BCUT2D eigenvalue weighted by atomic mass is 10.4. The van der Waals surface area contributed by atoms with Crippen molar-refractivity contribution in [3.63, 3.8) is 0 Å². The lowest BCUT2D eigenvalue weighted by molar-refractivity contribution is -0.133. The van der Waals surface area contributed by atoms with Crippen molar-refractivity contribution in [3.8, 4) is 0 Å². The van der Waals surface area contributed by atoms with Gasteiger partial charge < -0.3 is 20.4 Å². The minimum atomic E-state index is -1.09. The van der Waals surface area contributed by atoms with Gasteiger partial charge in [0.25, 0.3) is 0 Å². The molecule has 0 aromatic rings. The van der Waals surface area contributed by atoms with Gasteiger partial charge in [-0.25, -0.2) is 14.4 Å². The molecule has 7 heteroatoms. The van der Waals surface area contributed by atoms with Crippen LogP contribution in [-0.2, 0) is 14.4 Å². The van der Waals surface area contributed by atoms with Gasteiger partial charge in [-0.2, -0.15) is 0 Å². The van der Waals surface area contributed by atoms with E-state index in [9.17, 15) is 14.4 Å². The second kappa shape index (κ2) is 11.9. The van der Waals surface area contributed by atoms with Gasteiger partial charge in [0.2, 0.25) is 0 Å². The minimum Gasteiger partial charge on any atom is -0.515 e. The third kappa shape index (κ3) is 21.3. The fourth-order valence-electron chi connectivity index (χ4n) is 0.0552. The molecule has 0 aromatic carbocycles. The number of aliphatic carboxylic acids is 3. The first-order valence-corrected chi connectivity index (χ1v) is 4.79. The van der Waals surface area contributed by atoms with Gasteiger partial charge in [-0.3, -0.25) is 0 Å². The van der Waals surface area contributed by atoms with Crippen molar-refractivity contribution < 1.29 is 34.8 Å². The smallest absolute Gasteiger partial charge is 0.334 e. The van der Waals surface area contributed by atoms with Crippen molar-refractivity contribution in [2.24, 2.45) is 0 Å². The number of carbonyl (C=O) groups is 3. The summed E-state index contributed by atoms with van der Waals surface area (Å²) in [5.41, 5.74) is 0.296. The van der Waals surface area contributed by atoms with Crippen LogP contribution in [0.1, 0.15) is 20.8 Å². The summed E-state index contributed by atoms with van der Waals surface area (Å²) in [6.45, 7) is 10.5. The Morgan fingerprint density at radius 2 is 1.00 bits per heavy atom. The molecule has 0 aliphatic rings. The second-order valence-electron chi connectivity index (χ2n) is 3.29. The molecule has 0 aliphatic carbocycles. The van der Waals surface area contributed by atoms with Gasteiger partial charge >= 0.3 is 17.9 Å². The van der Waals surface area contributed by atoms with Crippen LogP contribution >= 0.6 is 0 Å². The van der Waals surface area contributed by atoms with E-state index in [1.165, 1.54) is 20.8 Å². The fraction of sp³-hybridized carbons (Fsp3) is 0.250. The minimum absolute atomic E-state index is 0.0556. The van der Waals surface area contributed by atoms with E-state index >= 15 is 0 Å². The van der Waals surface area contributed by atoms with Crippen molar-refractivity contribution >= 4 is 17.9 Å². The molecule has 0 spiro atoms. The van der Waals surface area contributed by atoms with Gasteiger partial charge in [-0.1, -0.05) is 13.2 Å². The summed E-state index contributed by atoms with van der Waals surface area (Å²) in [4.78, 5) is 28.9. The van der Waals surface area contributed by atoms with Crippen LogP contribution < -0.4 is 0 Å². The van der Waals surface area contributed by atoms with Gasteiger partial charge in [-0.05, 0) is 20.8 Å². The first kappa shape index (κ1) is 21.7. The molecule has 7 nitrogen and oxygen atoms in total. The lowest BCUT2D eigenvalue weighted by Gasteiger charge is -1.83. The summed E-state index contributed by atoms with van der Waals surface area (Å²) >= 11 is 0. The second-order valence-corrected chi connectivity index (χ2v) is 3.29. The first-order valence-electron chi connectivity index (χ1n) is 4.79. The van der Waals surface area contributed by atoms with Gasteiger partial charge in [0.05, 0.1) is 11.8 Å². The molecule has 0 radical (unpaired) electrons. The normalized spacial score (nSPS) is 8.89. The van der Waals surface area contributed by atoms with E-state index in [-0.39, 0.29) is 16.7 Å². The predicted molar refractivity (Wildman–Crippen MR) is 68.9 cm³/mol. The number of aliphatic hydroxyl groups excluding tert-OH is 1. The summed E-state index contributed by atoms with van der Waals surface area (Å²) in [7, 11) is 0. The SMILES string of the molecule is C=C(C)C(=O)O.C=C(C)C(=O)O.CC(=CO)C(=O)O. The summed E-state index contributed by atoms with van der Waals surface area (Å²) in [6, 6.07) is 0. The molecule has 0 aliphatic heterocycles. The van der Waals surface area contributed by atoms with Crippen LogP contribution in [0.15, 0.2) is 36.1 Å². The van der Waals surface area contributed by atoms with Crippen molar-refractivity contribution in [3.05, 3.63) is 36.1 Å². The number of hydrogen-bond donors (Lipinski definition) is 4. The van der Waals surface area contributed by atoms with Crippen molar-refractivity contribution in [2.45, 2.75) is 20.8 Å². The number of carboxylic acids is 3. The maximum Gasteiger partial charge on any atom is 0.334 e. The molecule has 0 aromatic heterocycles. The Labute approximate surface area is 110 Å². The molecule has 0 rings (SSSR count). The molecule has 0 amide bonds. The Hall–Kier alpha value is -2.57. The summed E-state index contributed by atoms with van der Waals surface area (Å²) < 4.78 is 0. The Morgan fingerprint density at radius 1 is 0.789 bits per heavy atom. The average molecular weight is 274 g/mol. The van der Waals surface area contributed by atoms with Crippen molar-refractivity contribution in [1.29, 1.82) is 0 Å². The van der Waals surface area contributed by atoms with Crippen LogP contribution in [0.2, 0.25) is 0 Å². The summed E-state index contributed by atoms with van der Waals surface area (Å²) in [5, 5.41) is 31.7. The average Bonchev–Trinajstić information content (AvgIpc) is 2.29. The largest absolute Gasteiger partial charge is 0.515 e. The third-order valence-electron chi connectivity index (χ3n) is 1.26. The Morgan fingerprint density at radius 3 is 1.00 bits per heavy atom. The molecule has 0 heterocycles. The van der Waals surface area contributed by atoms with Crippen LogP contribution in [0.3, 0.4) is 0 Å². The molecular formula is C12H18O7. The molecule has 0 atom stereocenters. The lowest BCUT2D eigenvalue weighted by Crippen LogP contribution is -1.94. The zero-order chi connectivity index (χ0) is 16.2. The maximum atomic E-state index is 9.70. The van der Waals surface area contributed by atoms with E-state index in [2.05, 4.69) is 13.2 Å². The van der Waals surface area contributed by atoms with Gasteiger partial charge in [0.1, 0.15) is 0 Å². The molecule has 4 N–H and O–H groups in total. The molecule has 19 heavy (non-hydrogen) atoms. The highest BCUT2D eigenvalue weighted by Gasteiger charge is 1.95. The van der Waals surface area contributed by atoms with E-state index in [1.54, 1.807) is 0 Å². The quantitative estimate of drug-likeness (QED) is 0.455. The fourth-order valence-corrected chi connectivity index (χ4v) is 0.0552. The Kier molecular flexibility index (Phi) is 13.6. The standard InChI is InChI=1S/C4H6O3.2C4H6O2/c1-3(2-5)4(6)7;2*1-3(2)4(5)6/h2,5H,1H3,(H,6,7);2*1H2,2H3,(H,5,6). The summed E-state index contributed by atoms with van der Waals surface area (Å²) in [6.07, 6.45) is 0.558. The zero-order valence-corrected chi connectivity index (χ0v) is 11.0. The monoisotopic (exact) mass is 274 g/mol. The number of hydrogen-bond acceptors (Lipinski definition) is 4. The first-order chi connectivity index (χ1) is 8.47. The van der Waals surface area contributed by atoms with Crippen LogP contribution in [0, 0.1) is 0 Å². The molecule has 0 bridgehead atoms. The van der Waals surface area contributed by atoms with Crippen LogP contribution in [-0.4, -0.2) is 38.3 Å². The van der Waals surface area contributed by atoms with E-state index in [4.69, 9.17) is 20.4 Å². The molecule has 0 saturated heterocycles. The maximum absolute atomic E-state index is 9.70. The Balaban J connectivity index is -0.000000203.